The molecule has 1 aliphatic rings. The van der Waals surface area contributed by atoms with Crippen LogP contribution in [-0.4, -0.2) is 16.8 Å². The molecule has 1 aliphatic heterocycles. The van der Waals surface area contributed by atoms with E-state index in [1.165, 1.54) is 0 Å². The first-order valence-electron chi connectivity index (χ1n) is 8.68. The van der Waals surface area contributed by atoms with Gasteiger partial charge in [-0.2, -0.15) is 10.2 Å². The Hall–Kier alpha value is -4.05. The Kier molecular flexibility index (Phi) is 5.02. The molecule has 7 nitrogen and oxygen atoms in total. The first-order valence-corrected chi connectivity index (χ1v) is 8.68. The summed E-state index contributed by atoms with van der Waals surface area (Å²) in [5.74, 6) is 1.67. The van der Waals surface area contributed by atoms with Crippen LogP contribution in [0.1, 0.15) is 11.1 Å². The summed E-state index contributed by atoms with van der Waals surface area (Å²) in [5, 5.41) is 12.2. The molecule has 2 aromatic carbocycles. The van der Waals surface area contributed by atoms with Crippen molar-refractivity contribution in [1.29, 1.82) is 5.26 Å². The number of hydrogen-bond donors (Lipinski definition) is 1. The number of nitriles is 1. The van der Waals surface area contributed by atoms with Gasteiger partial charge in [-0.25, -0.2) is 4.98 Å². The molecule has 2 heterocycles. The minimum atomic E-state index is 0.178. The number of hydrogen-bond acceptors (Lipinski definition) is 7. The van der Waals surface area contributed by atoms with E-state index < -0.39 is 0 Å². The fraction of sp³-hybridized carbons (Fsp3) is 0.0952. The summed E-state index contributed by atoms with van der Waals surface area (Å²) in [5.41, 5.74) is 2.41. The summed E-state index contributed by atoms with van der Waals surface area (Å²) in [7, 11) is 0. The van der Waals surface area contributed by atoms with Gasteiger partial charge in [0.2, 0.25) is 18.6 Å². The zero-order valence-electron chi connectivity index (χ0n) is 14.9. The molecule has 7 heteroatoms. The Bertz CT molecular complexity index is 1030. The van der Waals surface area contributed by atoms with Crippen LogP contribution in [0.25, 0.3) is 0 Å². The molecular formula is C21H17N5O2. The molecular weight excluding hydrogens is 354 g/mol. The van der Waals surface area contributed by atoms with E-state index in [1.807, 2.05) is 47.4 Å². The van der Waals surface area contributed by atoms with Crippen molar-refractivity contribution in [3.8, 4) is 6.07 Å². The number of nitrogens with zero attached hydrogens (tertiary/aromatic N) is 4. The van der Waals surface area contributed by atoms with Crippen molar-refractivity contribution in [2.45, 2.75) is 6.54 Å². The summed E-state index contributed by atoms with van der Waals surface area (Å²) < 4.78 is 10.8. The van der Waals surface area contributed by atoms with Crippen LogP contribution in [0, 0.1) is 11.3 Å². The second-order valence-electron chi connectivity index (χ2n) is 6.01. The molecule has 0 saturated carbocycles. The Balaban J connectivity index is 1.61. The van der Waals surface area contributed by atoms with Crippen molar-refractivity contribution in [3.05, 3.63) is 90.1 Å². The molecule has 0 unspecified atom stereocenters. The lowest BCUT2D eigenvalue weighted by atomic mass is 10.2. The van der Waals surface area contributed by atoms with Crippen LogP contribution in [0.5, 0.6) is 0 Å². The van der Waals surface area contributed by atoms with E-state index in [0.717, 1.165) is 11.3 Å². The van der Waals surface area contributed by atoms with E-state index >= 15 is 0 Å². The number of rotatable bonds is 6. The quantitative estimate of drug-likeness (QED) is 0.703. The minimum Gasteiger partial charge on any atom is -0.459 e. The Morgan fingerprint density at radius 1 is 1.11 bits per heavy atom. The van der Waals surface area contributed by atoms with Gasteiger partial charge in [0.05, 0.1) is 18.2 Å². The number of anilines is 3. The highest BCUT2D eigenvalue weighted by Crippen LogP contribution is 2.25. The third kappa shape index (κ3) is 4.02. The second-order valence-corrected chi connectivity index (χ2v) is 6.01. The molecule has 0 aliphatic carbocycles. The van der Waals surface area contributed by atoms with Crippen LogP contribution < -0.4 is 10.2 Å². The van der Waals surface area contributed by atoms with Crippen molar-refractivity contribution in [1.82, 2.24) is 9.97 Å². The van der Waals surface area contributed by atoms with Gasteiger partial charge in [-0.1, -0.05) is 36.4 Å². The first kappa shape index (κ1) is 17.4. The van der Waals surface area contributed by atoms with E-state index in [2.05, 4.69) is 21.4 Å². The lowest BCUT2D eigenvalue weighted by molar-refractivity contribution is 0.0781. The number of nitrogens with one attached hydrogen (secondary N) is 1. The zero-order valence-corrected chi connectivity index (χ0v) is 14.9. The molecule has 0 bridgehead atoms. The average Bonchev–Trinajstić information content (AvgIpc) is 3.28. The van der Waals surface area contributed by atoms with Crippen molar-refractivity contribution in [2.24, 2.45) is 0 Å². The fourth-order valence-electron chi connectivity index (χ4n) is 2.77. The molecule has 0 radical (unpaired) electrons. The summed E-state index contributed by atoms with van der Waals surface area (Å²) in [6.45, 7) is 0.744. The fourth-order valence-corrected chi connectivity index (χ4v) is 2.77. The standard InChI is InChI=1S/C21H17N5O2/c22-12-17-7-4-8-18(11-17)24-21-23-10-9-19(25-21)26(20-14-27-15-28-20)13-16-5-2-1-3-6-16/h1-11,14H,13,15H2,(H,23,24,25). The largest absolute Gasteiger partial charge is 0.459 e. The van der Waals surface area contributed by atoms with Crippen LogP contribution in [0.3, 0.4) is 0 Å². The Morgan fingerprint density at radius 3 is 2.79 bits per heavy atom. The molecule has 0 spiro atoms. The molecule has 0 amide bonds. The summed E-state index contributed by atoms with van der Waals surface area (Å²) in [4.78, 5) is 10.8. The van der Waals surface area contributed by atoms with E-state index in [9.17, 15) is 0 Å². The number of benzene rings is 2. The van der Waals surface area contributed by atoms with Gasteiger partial charge in [0.1, 0.15) is 12.1 Å². The van der Waals surface area contributed by atoms with Gasteiger partial charge in [-0.05, 0) is 29.8 Å². The molecule has 3 aromatic rings. The number of ether oxygens (including phenoxy) is 2. The van der Waals surface area contributed by atoms with E-state index in [-0.39, 0.29) is 6.79 Å². The maximum atomic E-state index is 9.06. The topological polar surface area (TPSA) is 83.3 Å². The molecule has 4 rings (SSSR count). The number of aromatic nitrogens is 2. The van der Waals surface area contributed by atoms with Crippen LogP contribution in [-0.2, 0) is 16.0 Å². The van der Waals surface area contributed by atoms with Crippen molar-refractivity contribution in [2.75, 3.05) is 17.0 Å². The summed E-state index contributed by atoms with van der Waals surface area (Å²) >= 11 is 0. The molecule has 1 aromatic heterocycles. The van der Waals surface area contributed by atoms with E-state index in [4.69, 9.17) is 14.7 Å². The highest BCUT2D eigenvalue weighted by atomic mass is 16.7. The van der Waals surface area contributed by atoms with Crippen molar-refractivity contribution < 1.29 is 9.47 Å². The van der Waals surface area contributed by atoms with Crippen LogP contribution in [0.15, 0.2) is 79.0 Å². The minimum absolute atomic E-state index is 0.178. The Labute approximate surface area is 162 Å². The predicted molar refractivity (Wildman–Crippen MR) is 104 cm³/mol. The van der Waals surface area contributed by atoms with Gasteiger partial charge in [0.25, 0.3) is 0 Å². The van der Waals surface area contributed by atoms with Gasteiger partial charge in [-0.3, -0.25) is 4.90 Å². The van der Waals surface area contributed by atoms with Crippen LogP contribution in [0.2, 0.25) is 0 Å². The second kappa shape index (κ2) is 8.10. The van der Waals surface area contributed by atoms with Crippen LogP contribution in [0.4, 0.5) is 17.5 Å². The maximum Gasteiger partial charge on any atom is 0.234 e. The Morgan fingerprint density at radius 2 is 2.00 bits per heavy atom. The first-order chi connectivity index (χ1) is 13.8. The SMILES string of the molecule is N#Cc1cccc(Nc2nccc(N(Cc3ccccc3)C3=COCO3)n2)c1. The highest BCUT2D eigenvalue weighted by Gasteiger charge is 2.20. The lowest BCUT2D eigenvalue weighted by Crippen LogP contribution is -2.23. The van der Waals surface area contributed by atoms with Crippen molar-refractivity contribution >= 4 is 17.5 Å². The highest BCUT2D eigenvalue weighted by molar-refractivity contribution is 5.58. The monoisotopic (exact) mass is 371 g/mol. The van der Waals surface area contributed by atoms with E-state index in [1.54, 1.807) is 30.7 Å². The van der Waals surface area contributed by atoms with Gasteiger partial charge >= 0.3 is 0 Å². The molecule has 0 fully saturated rings. The molecule has 0 atom stereocenters. The average molecular weight is 371 g/mol. The van der Waals surface area contributed by atoms with Gasteiger partial charge in [-0.15, -0.1) is 0 Å². The predicted octanol–water partition coefficient (Wildman–Crippen LogP) is 3.90. The molecule has 1 N–H and O–H groups in total. The normalized spacial score (nSPS) is 12.3. The summed E-state index contributed by atoms with van der Waals surface area (Å²) in [6, 6.07) is 21.1. The smallest absolute Gasteiger partial charge is 0.234 e. The van der Waals surface area contributed by atoms with Gasteiger partial charge in [0, 0.05) is 11.9 Å². The van der Waals surface area contributed by atoms with Crippen LogP contribution >= 0.6 is 0 Å². The van der Waals surface area contributed by atoms with Gasteiger partial charge in [0.15, 0.2) is 0 Å². The lowest BCUT2D eigenvalue weighted by Gasteiger charge is -2.23. The van der Waals surface area contributed by atoms with Gasteiger partial charge < -0.3 is 14.8 Å². The zero-order chi connectivity index (χ0) is 19.2. The molecule has 0 saturated heterocycles. The maximum absolute atomic E-state index is 9.06. The molecule has 28 heavy (non-hydrogen) atoms. The van der Waals surface area contributed by atoms with E-state index in [0.29, 0.717) is 29.8 Å². The third-order valence-corrected chi connectivity index (χ3v) is 4.07. The third-order valence-electron chi connectivity index (χ3n) is 4.07. The summed E-state index contributed by atoms with van der Waals surface area (Å²) in [6.07, 6.45) is 3.25. The van der Waals surface area contributed by atoms with Crippen molar-refractivity contribution in [3.63, 3.8) is 0 Å². The molecule has 138 valence electrons.